The summed E-state index contributed by atoms with van der Waals surface area (Å²) in [5, 5.41) is 13.1. The maximum atomic E-state index is 12.4. The Morgan fingerprint density at radius 1 is 1.46 bits per heavy atom. The van der Waals surface area contributed by atoms with Gasteiger partial charge in [-0.3, -0.25) is 19.7 Å². The van der Waals surface area contributed by atoms with Gasteiger partial charge in [-0.2, -0.15) is 13.2 Å². The topological polar surface area (TPSA) is 92.5 Å². The van der Waals surface area contributed by atoms with Gasteiger partial charge >= 0.3 is 6.18 Å². The lowest BCUT2D eigenvalue weighted by molar-refractivity contribution is -0.384. The summed E-state index contributed by atoms with van der Waals surface area (Å²) in [6.45, 7) is 0.0797. The number of hydrogen-bond donors (Lipinski definition) is 1. The molecular weight excluding hydrogens is 331 g/mol. The van der Waals surface area contributed by atoms with E-state index in [1.165, 1.54) is 12.1 Å². The van der Waals surface area contributed by atoms with Crippen LogP contribution in [0.15, 0.2) is 18.2 Å². The van der Waals surface area contributed by atoms with Gasteiger partial charge in [-0.15, -0.1) is 0 Å². The van der Waals surface area contributed by atoms with E-state index >= 15 is 0 Å². The lowest BCUT2D eigenvalue weighted by Crippen LogP contribution is -2.43. The molecule has 1 aromatic rings. The van der Waals surface area contributed by atoms with E-state index in [1.807, 2.05) is 0 Å². The smallest absolute Gasteiger partial charge is 0.340 e. The van der Waals surface area contributed by atoms with Crippen LogP contribution in [0.25, 0.3) is 0 Å². The van der Waals surface area contributed by atoms with Gasteiger partial charge in [0.25, 0.3) is 11.6 Å². The van der Waals surface area contributed by atoms with Crippen LogP contribution in [0.5, 0.6) is 0 Å². The molecule has 130 valence electrons. The molecule has 1 fully saturated rings. The second-order valence-corrected chi connectivity index (χ2v) is 5.45. The molecule has 24 heavy (non-hydrogen) atoms. The Bertz CT molecular complexity index is 690. The van der Waals surface area contributed by atoms with Crippen molar-refractivity contribution in [1.82, 2.24) is 10.2 Å². The predicted molar refractivity (Wildman–Crippen MR) is 76.3 cm³/mol. The molecule has 2 rings (SSSR count). The van der Waals surface area contributed by atoms with Crippen molar-refractivity contribution in [2.45, 2.75) is 25.6 Å². The number of carbonyl (C=O) groups excluding carboxylic acids is 2. The summed E-state index contributed by atoms with van der Waals surface area (Å²) in [6.07, 6.45) is -4.46. The Labute approximate surface area is 134 Å². The third-order valence-electron chi connectivity index (χ3n) is 3.65. The standard InChI is InChI=1S/C14H14F3N3O4/c1-8-2-3-9(20(23)24)6-10(8)12(21)18-11-4-5-19(13(11)22)7-14(15,16)17/h2-3,6,11H,4-5,7H2,1H3,(H,18,21). The summed E-state index contributed by atoms with van der Waals surface area (Å²) in [5.41, 5.74) is 0.171. The molecule has 0 aromatic heterocycles. The minimum absolute atomic E-state index is 0.00581. The fraction of sp³-hybridized carbons (Fsp3) is 0.429. The van der Waals surface area contributed by atoms with Crippen molar-refractivity contribution in [3.05, 3.63) is 39.4 Å². The third-order valence-corrected chi connectivity index (χ3v) is 3.65. The maximum Gasteiger partial charge on any atom is 0.406 e. The van der Waals surface area contributed by atoms with Gasteiger partial charge in [0, 0.05) is 24.2 Å². The van der Waals surface area contributed by atoms with Crippen LogP contribution in [0.1, 0.15) is 22.3 Å². The molecule has 1 N–H and O–H groups in total. The van der Waals surface area contributed by atoms with E-state index in [0.29, 0.717) is 10.5 Å². The molecule has 0 aliphatic carbocycles. The monoisotopic (exact) mass is 345 g/mol. The molecule has 0 bridgehead atoms. The molecule has 7 nitrogen and oxygen atoms in total. The minimum Gasteiger partial charge on any atom is -0.340 e. The molecule has 1 aliphatic heterocycles. The summed E-state index contributed by atoms with van der Waals surface area (Å²) in [6, 6.07) is 2.62. The molecule has 2 amide bonds. The van der Waals surface area contributed by atoms with Gasteiger partial charge in [-0.1, -0.05) is 6.07 Å². The molecule has 0 spiro atoms. The molecule has 1 aromatic carbocycles. The largest absolute Gasteiger partial charge is 0.406 e. The second kappa shape index (κ2) is 6.46. The van der Waals surface area contributed by atoms with Gasteiger partial charge in [0.15, 0.2) is 0 Å². The number of likely N-dealkylation sites (tertiary alicyclic amines) is 1. The number of nitrogens with zero attached hydrogens (tertiary/aromatic N) is 2. The lowest BCUT2D eigenvalue weighted by Gasteiger charge is -2.18. The zero-order valence-electron chi connectivity index (χ0n) is 12.6. The number of rotatable bonds is 4. The molecule has 1 unspecified atom stereocenters. The second-order valence-electron chi connectivity index (χ2n) is 5.45. The number of hydrogen-bond acceptors (Lipinski definition) is 4. The van der Waals surface area contributed by atoms with Crippen LogP contribution >= 0.6 is 0 Å². The Hall–Kier alpha value is -2.65. The number of nitrogens with one attached hydrogen (secondary N) is 1. The first kappa shape index (κ1) is 17.7. The first-order valence-corrected chi connectivity index (χ1v) is 7.00. The SMILES string of the molecule is Cc1ccc([N+](=O)[O-])cc1C(=O)NC1CCN(CC(F)(F)F)C1=O. The van der Waals surface area contributed by atoms with Crippen LogP contribution in [-0.4, -0.2) is 46.9 Å². The number of aryl methyl sites for hydroxylation is 1. The highest BCUT2D eigenvalue weighted by Gasteiger charge is 2.40. The van der Waals surface area contributed by atoms with E-state index in [4.69, 9.17) is 0 Å². The fourth-order valence-corrected chi connectivity index (χ4v) is 2.45. The van der Waals surface area contributed by atoms with Crippen LogP contribution in [0.4, 0.5) is 18.9 Å². The Balaban J connectivity index is 2.09. The molecule has 1 aliphatic rings. The average Bonchev–Trinajstić information content (AvgIpc) is 2.78. The van der Waals surface area contributed by atoms with E-state index in [-0.39, 0.29) is 24.2 Å². The van der Waals surface area contributed by atoms with Crippen LogP contribution in [0.2, 0.25) is 0 Å². The fourth-order valence-electron chi connectivity index (χ4n) is 2.45. The summed E-state index contributed by atoms with van der Waals surface area (Å²) in [4.78, 5) is 34.9. The zero-order valence-corrected chi connectivity index (χ0v) is 12.6. The first-order valence-electron chi connectivity index (χ1n) is 7.00. The number of halogens is 3. The molecule has 1 saturated heterocycles. The Kier molecular flexibility index (Phi) is 4.76. The van der Waals surface area contributed by atoms with Crippen molar-refractivity contribution in [2.75, 3.05) is 13.1 Å². The van der Waals surface area contributed by atoms with Crippen molar-refractivity contribution in [3.8, 4) is 0 Å². The molecule has 1 heterocycles. The number of nitro groups is 1. The van der Waals surface area contributed by atoms with Gasteiger partial charge in [0.1, 0.15) is 12.6 Å². The number of amides is 2. The summed E-state index contributed by atoms with van der Waals surface area (Å²) >= 11 is 0. The zero-order chi connectivity index (χ0) is 18.1. The van der Waals surface area contributed by atoms with E-state index in [9.17, 15) is 32.9 Å². The molecule has 1 atom stereocenters. The lowest BCUT2D eigenvalue weighted by atomic mass is 10.1. The highest BCUT2D eigenvalue weighted by atomic mass is 19.4. The van der Waals surface area contributed by atoms with Gasteiger partial charge in [0.2, 0.25) is 5.91 Å². The summed E-state index contributed by atoms with van der Waals surface area (Å²) in [7, 11) is 0. The number of alkyl halides is 3. The molecule has 10 heteroatoms. The number of non-ortho nitro benzene ring substituents is 1. The molecule has 0 radical (unpaired) electrons. The number of carbonyl (C=O) groups is 2. The average molecular weight is 345 g/mol. The Morgan fingerprint density at radius 3 is 2.71 bits per heavy atom. The van der Waals surface area contributed by atoms with Crippen LogP contribution in [0, 0.1) is 17.0 Å². The van der Waals surface area contributed by atoms with Crippen molar-refractivity contribution in [2.24, 2.45) is 0 Å². The summed E-state index contributed by atoms with van der Waals surface area (Å²) < 4.78 is 37.1. The Morgan fingerprint density at radius 2 is 2.12 bits per heavy atom. The van der Waals surface area contributed by atoms with Crippen molar-refractivity contribution in [1.29, 1.82) is 0 Å². The number of benzene rings is 1. The normalized spacial score (nSPS) is 17.9. The van der Waals surface area contributed by atoms with Gasteiger partial charge in [0.05, 0.1) is 4.92 Å². The van der Waals surface area contributed by atoms with Gasteiger partial charge in [-0.05, 0) is 18.9 Å². The van der Waals surface area contributed by atoms with Gasteiger partial charge < -0.3 is 10.2 Å². The maximum absolute atomic E-state index is 12.4. The highest BCUT2D eigenvalue weighted by molar-refractivity contribution is 5.99. The third kappa shape index (κ3) is 4.00. The van der Waals surface area contributed by atoms with Crippen LogP contribution in [0.3, 0.4) is 0 Å². The van der Waals surface area contributed by atoms with Crippen molar-refractivity contribution >= 4 is 17.5 Å². The predicted octanol–water partition coefficient (Wildman–Crippen LogP) is 1.80. The highest BCUT2D eigenvalue weighted by Crippen LogP contribution is 2.22. The number of nitro benzene ring substituents is 1. The quantitative estimate of drug-likeness (QED) is 0.665. The van der Waals surface area contributed by atoms with Crippen LogP contribution < -0.4 is 5.32 Å². The first-order chi connectivity index (χ1) is 11.1. The van der Waals surface area contributed by atoms with E-state index in [1.54, 1.807) is 6.92 Å². The summed E-state index contributed by atoms with van der Waals surface area (Å²) in [5.74, 6) is -1.55. The van der Waals surface area contributed by atoms with Gasteiger partial charge in [-0.25, -0.2) is 0 Å². The van der Waals surface area contributed by atoms with E-state index in [2.05, 4.69) is 5.32 Å². The van der Waals surface area contributed by atoms with Crippen molar-refractivity contribution in [3.63, 3.8) is 0 Å². The molecular formula is C14H14F3N3O4. The van der Waals surface area contributed by atoms with Crippen LogP contribution in [-0.2, 0) is 4.79 Å². The minimum atomic E-state index is -4.51. The van der Waals surface area contributed by atoms with E-state index < -0.39 is 35.5 Å². The molecule has 0 saturated carbocycles. The van der Waals surface area contributed by atoms with E-state index in [0.717, 1.165) is 6.07 Å². The van der Waals surface area contributed by atoms with Crippen molar-refractivity contribution < 1.29 is 27.7 Å².